The average Bonchev–Trinajstić information content (AvgIpc) is 3.01. The van der Waals surface area contributed by atoms with Crippen LogP contribution >= 0.6 is 0 Å². The number of rotatable bonds is 32. The third kappa shape index (κ3) is 29.1. The Morgan fingerprint density at radius 3 is 1.44 bits per heavy atom. The highest BCUT2D eigenvalue weighted by atomic mass is 16.3. The maximum atomic E-state index is 12.4. The topological polar surface area (TPSA) is 89.8 Å². The van der Waals surface area contributed by atoms with Gasteiger partial charge >= 0.3 is 0 Å². The van der Waals surface area contributed by atoms with Crippen LogP contribution in [0.3, 0.4) is 0 Å². The van der Waals surface area contributed by atoms with E-state index < -0.39 is 24.2 Å². The molecule has 43 heavy (non-hydrogen) atoms. The minimum absolute atomic E-state index is 0.378. The van der Waals surface area contributed by atoms with Crippen molar-refractivity contribution in [3.05, 3.63) is 36.5 Å². The van der Waals surface area contributed by atoms with Gasteiger partial charge in [0, 0.05) is 0 Å². The maximum Gasteiger partial charge on any atom is 0.249 e. The van der Waals surface area contributed by atoms with E-state index in [-0.39, 0.29) is 6.61 Å². The first-order valence-electron chi connectivity index (χ1n) is 18.3. The number of unbranched alkanes of at least 4 members (excludes halogenated alkanes) is 20. The molecule has 4 N–H and O–H groups in total. The van der Waals surface area contributed by atoms with Crippen molar-refractivity contribution in [1.29, 1.82) is 0 Å². The zero-order chi connectivity index (χ0) is 31.6. The maximum absolute atomic E-state index is 12.4. The molecule has 0 rings (SSSR count). The monoisotopic (exact) mass is 606 g/mol. The number of amides is 1. The molecule has 1 amide bonds. The number of hydrogen-bond donors (Lipinski definition) is 4. The van der Waals surface area contributed by atoms with Crippen molar-refractivity contribution in [3.63, 3.8) is 0 Å². The Morgan fingerprint density at radius 2 is 0.953 bits per heavy atom. The molecule has 0 saturated carbocycles. The molecule has 3 unspecified atom stereocenters. The lowest BCUT2D eigenvalue weighted by atomic mass is 10.0. The lowest BCUT2D eigenvalue weighted by Gasteiger charge is -2.21. The van der Waals surface area contributed by atoms with Crippen LogP contribution in [0.4, 0.5) is 0 Å². The van der Waals surface area contributed by atoms with Crippen LogP contribution in [0.15, 0.2) is 36.5 Å². The van der Waals surface area contributed by atoms with Crippen molar-refractivity contribution < 1.29 is 20.1 Å². The van der Waals surface area contributed by atoms with Gasteiger partial charge in [-0.1, -0.05) is 153 Å². The first-order chi connectivity index (χ1) is 21.1. The summed E-state index contributed by atoms with van der Waals surface area (Å²) in [5, 5.41) is 32.9. The van der Waals surface area contributed by atoms with Gasteiger partial charge in [0.05, 0.1) is 18.8 Å². The summed E-state index contributed by atoms with van der Waals surface area (Å²) >= 11 is 0. The smallest absolute Gasteiger partial charge is 0.249 e. The average molecular weight is 606 g/mol. The third-order valence-corrected chi connectivity index (χ3v) is 8.20. The van der Waals surface area contributed by atoms with Crippen LogP contribution in [0.25, 0.3) is 0 Å². The quantitative estimate of drug-likeness (QED) is 0.0454. The van der Waals surface area contributed by atoms with Crippen LogP contribution in [-0.4, -0.2) is 46.1 Å². The van der Waals surface area contributed by atoms with Gasteiger partial charge in [0.1, 0.15) is 6.10 Å². The molecule has 5 heteroatoms. The number of aliphatic hydroxyl groups excluding tert-OH is 3. The van der Waals surface area contributed by atoms with Crippen LogP contribution in [0.5, 0.6) is 0 Å². The van der Waals surface area contributed by atoms with Gasteiger partial charge in [-0.2, -0.15) is 0 Å². The normalized spacial score (nSPS) is 14.3. The number of aliphatic hydroxyl groups is 3. The van der Waals surface area contributed by atoms with Gasteiger partial charge in [0.2, 0.25) is 5.91 Å². The number of carbonyl (C=O) groups is 1. The fourth-order valence-electron chi connectivity index (χ4n) is 5.25. The number of nitrogens with one attached hydrogen (secondary N) is 1. The number of allylic oxidation sites excluding steroid dienone is 5. The molecule has 0 aliphatic rings. The summed E-state index contributed by atoms with van der Waals surface area (Å²) in [6.07, 6.45) is 40.1. The summed E-state index contributed by atoms with van der Waals surface area (Å²) < 4.78 is 0. The highest BCUT2D eigenvalue weighted by Crippen LogP contribution is 2.13. The van der Waals surface area contributed by atoms with E-state index in [2.05, 4.69) is 43.5 Å². The fourth-order valence-corrected chi connectivity index (χ4v) is 5.25. The Bertz CT molecular complexity index is 675. The minimum Gasteiger partial charge on any atom is -0.394 e. The summed E-state index contributed by atoms with van der Waals surface area (Å²) in [5.41, 5.74) is 0. The van der Waals surface area contributed by atoms with E-state index in [1.54, 1.807) is 6.08 Å². The van der Waals surface area contributed by atoms with Gasteiger partial charge in [-0.3, -0.25) is 4.79 Å². The molecule has 252 valence electrons. The van der Waals surface area contributed by atoms with Crippen LogP contribution in [0, 0.1) is 0 Å². The molecule has 0 radical (unpaired) electrons. The molecule has 0 aliphatic heterocycles. The molecule has 0 bridgehead atoms. The number of hydrogen-bond acceptors (Lipinski definition) is 4. The molecule has 0 aromatic carbocycles. The first-order valence-corrected chi connectivity index (χ1v) is 18.3. The van der Waals surface area contributed by atoms with Crippen molar-refractivity contribution in [1.82, 2.24) is 5.32 Å². The summed E-state index contributed by atoms with van der Waals surface area (Å²) in [4.78, 5) is 12.4. The Morgan fingerprint density at radius 1 is 0.558 bits per heavy atom. The van der Waals surface area contributed by atoms with E-state index in [1.807, 2.05) is 6.08 Å². The van der Waals surface area contributed by atoms with E-state index in [0.717, 1.165) is 44.9 Å². The Hall–Kier alpha value is -1.43. The predicted octanol–water partition coefficient (Wildman–Crippen LogP) is 9.65. The second kappa shape index (κ2) is 33.5. The predicted molar refractivity (Wildman–Crippen MR) is 185 cm³/mol. The third-order valence-electron chi connectivity index (χ3n) is 8.20. The minimum atomic E-state index is -1.11. The molecule has 0 fully saturated rings. The molecule has 0 aromatic rings. The van der Waals surface area contributed by atoms with Crippen molar-refractivity contribution in [2.45, 2.75) is 193 Å². The highest BCUT2D eigenvalue weighted by Gasteiger charge is 2.22. The lowest BCUT2D eigenvalue weighted by molar-refractivity contribution is -0.131. The van der Waals surface area contributed by atoms with Gasteiger partial charge in [-0.25, -0.2) is 0 Å². The largest absolute Gasteiger partial charge is 0.394 e. The molecule has 0 aliphatic carbocycles. The van der Waals surface area contributed by atoms with Gasteiger partial charge in [0.15, 0.2) is 0 Å². The molecule has 0 spiro atoms. The molecule has 3 atom stereocenters. The van der Waals surface area contributed by atoms with Gasteiger partial charge < -0.3 is 20.6 Å². The van der Waals surface area contributed by atoms with Crippen molar-refractivity contribution in [2.24, 2.45) is 0 Å². The second-order valence-corrected chi connectivity index (χ2v) is 12.4. The van der Waals surface area contributed by atoms with E-state index in [9.17, 15) is 20.1 Å². The van der Waals surface area contributed by atoms with Crippen LogP contribution in [-0.2, 0) is 4.79 Å². The highest BCUT2D eigenvalue weighted by molar-refractivity contribution is 5.80. The summed E-state index contributed by atoms with van der Waals surface area (Å²) in [6, 6.07) is -0.814. The van der Waals surface area contributed by atoms with Crippen molar-refractivity contribution in [3.8, 4) is 0 Å². The molecule has 0 aromatic heterocycles. The van der Waals surface area contributed by atoms with Gasteiger partial charge in [0.25, 0.3) is 0 Å². The van der Waals surface area contributed by atoms with Crippen LogP contribution < -0.4 is 5.32 Å². The summed E-state index contributed by atoms with van der Waals surface area (Å²) in [5.74, 6) is -0.521. The van der Waals surface area contributed by atoms with E-state index >= 15 is 0 Å². The standard InChI is InChI=1S/C38H71NO4/c1-3-5-7-9-11-13-15-17-19-21-22-24-26-28-30-32-36(41)35(34-40)39-38(43)37(42)33-31-29-27-25-23-20-18-16-14-12-10-8-6-4-2/h14,16,22,24,30,32,35-37,40-42H,3-13,15,17-21,23,25-29,31,33-34H2,1-2H3,(H,39,43)/b16-14-,24-22+,32-30+. The van der Waals surface area contributed by atoms with E-state index in [4.69, 9.17) is 0 Å². The first kappa shape index (κ1) is 41.6. The Balaban J connectivity index is 3.82. The molecular formula is C38H71NO4. The molecular weight excluding hydrogens is 534 g/mol. The Labute approximate surface area is 266 Å². The molecule has 5 nitrogen and oxygen atoms in total. The van der Waals surface area contributed by atoms with Gasteiger partial charge in [-0.05, 0) is 57.8 Å². The number of carbonyl (C=O) groups excluding carboxylic acids is 1. The summed E-state index contributed by atoms with van der Waals surface area (Å²) in [6.45, 7) is 4.13. The Kier molecular flexibility index (Phi) is 32.3. The van der Waals surface area contributed by atoms with E-state index in [0.29, 0.717) is 6.42 Å². The zero-order valence-electron chi connectivity index (χ0n) is 28.3. The van der Waals surface area contributed by atoms with Crippen LogP contribution in [0.1, 0.15) is 174 Å². The van der Waals surface area contributed by atoms with Crippen molar-refractivity contribution >= 4 is 5.91 Å². The summed E-state index contributed by atoms with van der Waals surface area (Å²) in [7, 11) is 0. The zero-order valence-corrected chi connectivity index (χ0v) is 28.3. The second-order valence-electron chi connectivity index (χ2n) is 12.4. The van der Waals surface area contributed by atoms with Crippen molar-refractivity contribution in [2.75, 3.05) is 6.61 Å². The SMILES string of the molecule is CCCCCC/C=C\CCCCCCCCC(O)C(=O)NC(CO)C(O)/C=C/CC/C=C/CCCCCCCCCCC. The fraction of sp³-hybridized carbons (Fsp3) is 0.816. The molecule has 0 heterocycles. The van der Waals surface area contributed by atoms with E-state index in [1.165, 1.54) is 109 Å². The van der Waals surface area contributed by atoms with Gasteiger partial charge in [-0.15, -0.1) is 0 Å². The molecule has 0 saturated heterocycles. The van der Waals surface area contributed by atoms with Crippen LogP contribution in [0.2, 0.25) is 0 Å². The lowest BCUT2D eigenvalue weighted by Crippen LogP contribution is -2.48.